The molecule has 19 heteroatoms. The second-order valence-corrected chi connectivity index (χ2v) is 27.9. The number of nitrogens with two attached hydrogens (primary N) is 1. The highest BCUT2D eigenvalue weighted by molar-refractivity contribution is 5.83. The van der Waals surface area contributed by atoms with Gasteiger partial charge in [0.1, 0.15) is 24.6 Å². The van der Waals surface area contributed by atoms with Gasteiger partial charge in [-0.1, -0.05) is 49.8 Å². The molecule has 4 saturated carbocycles. The van der Waals surface area contributed by atoms with Gasteiger partial charge in [-0.15, -0.1) is 11.8 Å². The average molecular weight is 1250 g/mol. The third kappa shape index (κ3) is 12.1. The van der Waals surface area contributed by atoms with Gasteiger partial charge in [0.25, 0.3) is 0 Å². The number of aromatic amines is 1. The van der Waals surface area contributed by atoms with Crippen LogP contribution in [-0.4, -0.2) is 115 Å². The van der Waals surface area contributed by atoms with Crippen LogP contribution < -0.4 is 41.8 Å². The van der Waals surface area contributed by atoms with Crippen LogP contribution in [0.5, 0.6) is 28.7 Å². The highest BCUT2D eigenvalue weighted by Gasteiger charge is 2.61. The number of aliphatic imine (C=N–C) groups is 1. The molecule has 5 fully saturated rings. The van der Waals surface area contributed by atoms with E-state index in [0.29, 0.717) is 86.4 Å². The van der Waals surface area contributed by atoms with Gasteiger partial charge in [0.05, 0.1) is 47.5 Å². The zero-order chi connectivity index (χ0) is 63.1. The van der Waals surface area contributed by atoms with Crippen molar-refractivity contribution < 1.29 is 44.2 Å². The van der Waals surface area contributed by atoms with Gasteiger partial charge in [-0.3, -0.25) is 15.1 Å². The maximum atomic E-state index is 13.7. The number of H-pyrrole nitrogens is 1. The summed E-state index contributed by atoms with van der Waals surface area (Å²) in [6, 6.07) is 14.6. The van der Waals surface area contributed by atoms with Gasteiger partial charge in [0.15, 0.2) is 29.0 Å². The quantitative estimate of drug-likeness (QED) is 0.0282. The fourth-order valence-electron chi connectivity index (χ4n) is 18.0. The van der Waals surface area contributed by atoms with E-state index in [4.69, 9.17) is 29.7 Å². The topological polar surface area (TPSA) is 267 Å². The molecule has 92 heavy (non-hydrogen) atoms. The molecule has 0 radical (unpaired) electrons. The molecular formula is C73H90N10O9. The number of allylic oxidation sites excluding steroid dienone is 2. The molecule has 1 saturated heterocycles. The number of aromatic hydroxyl groups is 3. The Balaban J connectivity index is 0.906. The van der Waals surface area contributed by atoms with Crippen LogP contribution >= 0.6 is 0 Å². The van der Waals surface area contributed by atoms with E-state index in [9.17, 15) is 25.2 Å². The van der Waals surface area contributed by atoms with E-state index < -0.39 is 65.6 Å². The highest BCUT2D eigenvalue weighted by Crippen LogP contribution is 2.59. The van der Waals surface area contributed by atoms with E-state index >= 15 is 0 Å². The van der Waals surface area contributed by atoms with Crippen LogP contribution in [0.1, 0.15) is 146 Å². The van der Waals surface area contributed by atoms with E-state index in [1.54, 1.807) is 24.5 Å². The number of nitrogens with zero attached hydrogens (tertiary/aromatic N) is 3. The third-order valence-corrected chi connectivity index (χ3v) is 22.4. The van der Waals surface area contributed by atoms with Gasteiger partial charge in [-0.25, -0.2) is 4.99 Å². The molecule has 3 aromatic heterocycles. The Morgan fingerprint density at radius 3 is 2.68 bits per heavy atom. The monoisotopic (exact) mass is 1250 g/mol. The summed E-state index contributed by atoms with van der Waals surface area (Å²) < 4.78 is 29.4. The maximum absolute atomic E-state index is 13.7. The molecule has 5 aromatic rings. The number of aromatic nitrogens is 3. The van der Waals surface area contributed by atoms with Crippen LogP contribution in [-0.2, 0) is 27.1 Å². The number of guanidine groups is 1. The number of hydrogen-bond donors (Lipinski definition) is 11. The van der Waals surface area contributed by atoms with Crippen LogP contribution in [0.4, 0.5) is 0 Å². The molecule has 12 N–H and O–H groups in total. The van der Waals surface area contributed by atoms with Crippen molar-refractivity contribution in [1.82, 2.24) is 41.1 Å². The van der Waals surface area contributed by atoms with Crippen molar-refractivity contribution in [3.63, 3.8) is 0 Å². The number of carbonyl (C=O) groups is 1. The number of esters is 1. The summed E-state index contributed by atoms with van der Waals surface area (Å²) in [6.45, 7) is 6.32. The van der Waals surface area contributed by atoms with Crippen molar-refractivity contribution in [3.05, 3.63) is 120 Å². The lowest BCUT2D eigenvalue weighted by Gasteiger charge is -2.56. The number of benzene rings is 2. The number of hydrogen-bond acceptors (Lipinski definition) is 17. The predicted octanol–water partition coefficient (Wildman–Crippen LogP) is 8.92. The Morgan fingerprint density at radius 2 is 1.85 bits per heavy atom. The number of aliphatic hydroxyl groups is 1. The number of dihydropyridines is 1. The van der Waals surface area contributed by atoms with Gasteiger partial charge in [0.2, 0.25) is 5.75 Å². The van der Waals surface area contributed by atoms with E-state index in [1.165, 1.54) is 18.6 Å². The average Bonchev–Trinajstić information content (AvgIpc) is 1.16. The first-order valence-corrected chi connectivity index (χ1v) is 33.9. The van der Waals surface area contributed by atoms with Crippen molar-refractivity contribution in [2.45, 2.75) is 184 Å². The zero-order valence-corrected chi connectivity index (χ0v) is 53.0. The number of fused-ring (bicyclic) bond motifs is 8. The number of rotatable bonds is 14. The molecule has 6 bridgehead atoms. The largest absolute Gasteiger partial charge is 0.504 e. The molecule has 4 aliphatic carbocycles. The van der Waals surface area contributed by atoms with Crippen molar-refractivity contribution in [1.29, 1.82) is 0 Å². The first-order chi connectivity index (χ1) is 44.7. The molecule has 0 amide bonds. The minimum absolute atomic E-state index is 0.00492. The SMILES string of the molecule is CCNCC1C2CCC(NC3=NC(n4cc5cc[nH]c5c4)C4C(O)NC5CCCCC5C#CCC5(C6CC(OC(C)=O)CC(c7cc(O)c(O)c(OCCc8cccnc8)c7)O6)CC#CC6C(CCCC64N3)Oc3cc(ccc3O)C5)C1(CC1=CCNC(N)=C1)CC2. The number of aliphatic hydroxyl groups excluding tert-OH is 1. The summed E-state index contributed by atoms with van der Waals surface area (Å²) >= 11 is 0. The Labute approximate surface area is 539 Å². The smallest absolute Gasteiger partial charge is 0.302 e. The fourth-order valence-corrected chi connectivity index (χ4v) is 18.0. The Bertz CT molecular complexity index is 3720. The molecule has 5 aliphatic heterocycles. The summed E-state index contributed by atoms with van der Waals surface area (Å²) in [7, 11) is 0. The number of carbonyl (C=O) groups excluding carboxylic acids is 1. The summed E-state index contributed by atoms with van der Waals surface area (Å²) in [5, 5.41) is 68.8. The zero-order valence-electron chi connectivity index (χ0n) is 53.0. The van der Waals surface area contributed by atoms with Crippen LogP contribution in [0, 0.1) is 64.1 Å². The van der Waals surface area contributed by atoms with Crippen LogP contribution in [0.3, 0.4) is 0 Å². The Morgan fingerprint density at radius 1 is 0.967 bits per heavy atom. The fraction of sp³-hybridized carbons (Fsp3) is 0.548. The van der Waals surface area contributed by atoms with Crippen LogP contribution in [0.15, 0.2) is 108 Å². The minimum atomic E-state index is -1.09. The Kier molecular flexibility index (Phi) is 17.4. The number of phenolic OH excluding ortho intramolecular Hbond substituents is 3. The minimum Gasteiger partial charge on any atom is -0.504 e. The molecule has 16 unspecified atom stereocenters. The summed E-state index contributed by atoms with van der Waals surface area (Å²) in [5.74, 6) is 15.7. The van der Waals surface area contributed by atoms with Crippen LogP contribution in [0.25, 0.3) is 10.9 Å². The summed E-state index contributed by atoms with van der Waals surface area (Å²) in [4.78, 5) is 26.7. The second kappa shape index (κ2) is 25.9. The van der Waals surface area contributed by atoms with Crippen molar-refractivity contribution in [3.8, 4) is 52.4 Å². The molecular weight excluding hydrogens is 1160 g/mol. The Hall–Kier alpha value is -7.81. The third-order valence-electron chi connectivity index (χ3n) is 22.4. The normalized spacial score (nSPS) is 33.9. The van der Waals surface area contributed by atoms with Crippen LogP contribution in [0.2, 0.25) is 0 Å². The first-order valence-electron chi connectivity index (χ1n) is 33.9. The molecule has 19 nitrogen and oxygen atoms in total. The highest BCUT2D eigenvalue weighted by atomic mass is 16.6. The van der Waals surface area contributed by atoms with Crippen molar-refractivity contribution in [2.75, 3.05) is 26.2 Å². The van der Waals surface area contributed by atoms with E-state index in [-0.39, 0.29) is 59.4 Å². The lowest BCUT2D eigenvalue weighted by atomic mass is 9.61. The number of ether oxygens (including phenoxy) is 4. The lowest BCUT2D eigenvalue weighted by Crippen LogP contribution is -2.73. The first kappa shape index (κ1) is 61.7. The van der Waals surface area contributed by atoms with Gasteiger partial charge in [-0.2, -0.15) is 0 Å². The molecule has 16 atom stereocenters. The maximum Gasteiger partial charge on any atom is 0.302 e. The molecule has 8 heterocycles. The van der Waals surface area contributed by atoms with Gasteiger partial charge in [0, 0.05) is 105 Å². The molecule has 1 spiro atoms. The van der Waals surface area contributed by atoms with Crippen molar-refractivity contribution in [2.24, 2.45) is 51.1 Å². The summed E-state index contributed by atoms with van der Waals surface area (Å²) in [5.41, 5.74) is 9.12. The molecule has 2 aromatic carbocycles. The van der Waals surface area contributed by atoms with E-state index in [0.717, 1.165) is 99.3 Å². The van der Waals surface area contributed by atoms with Gasteiger partial charge in [-0.05, 0) is 166 Å². The van der Waals surface area contributed by atoms with Gasteiger partial charge < -0.3 is 75.9 Å². The second-order valence-electron chi connectivity index (χ2n) is 27.9. The van der Waals surface area contributed by atoms with Gasteiger partial charge >= 0.3 is 5.97 Å². The van der Waals surface area contributed by atoms with E-state index in [1.807, 2.05) is 30.5 Å². The number of phenols is 3. The predicted molar refractivity (Wildman–Crippen MR) is 350 cm³/mol. The summed E-state index contributed by atoms with van der Waals surface area (Å²) in [6.07, 6.45) is 22.8. The lowest BCUT2D eigenvalue weighted by molar-refractivity contribution is -0.174. The van der Waals surface area contributed by atoms with E-state index in [2.05, 4.69) is 102 Å². The number of nitrogens with one attached hydrogen (secondary N) is 6. The molecule has 9 aliphatic rings. The molecule has 486 valence electrons. The van der Waals surface area contributed by atoms with Crippen molar-refractivity contribution >= 4 is 22.8 Å². The number of pyridine rings is 1. The molecule has 14 rings (SSSR count). The standard InChI is InChI=1S/C73H90N10O9/c1-3-75-41-54-48-17-19-63(72(54,27-20-48)39-47-21-29-78-65(74)33-47)80-70-81-68(83-42-50-22-30-77-56(50)43-83)66-69(88)79-55-14-5-4-11-49(55)12-6-24-71(25-7-13-53-59(15-8-26-73(53,66)82-70)91-61-32-46(38-71)16-18-57(61)85)64-37-52(90-44(2)84)36-60(92-64)51-34-58(86)67(87)62(35-51)89-31-23-45-10-9-28-76-40-45/h9-10,16,18,21-22,28,30,32-35,40,42-43,48-49,52-55,59-60,63-64,66,68-69,75,77-79,85-88H,3-5,8,11,14-15,17,19-20,23-27,29,31,36-39,41,74H2,1-2H3,(H2,80,81,82).